The van der Waals surface area contributed by atoms with Crippen LogP contribution in [0.2, 0.25) is 0 Å². The molecule has 0 aromatic heterocycles. The number of methoxy groups -OCH3 is 1. The first kappa shape index (κ1) is 15.0. The predicted octanol–water partition coefficient (Wildman–Crippen LogP) is 3.91. The van der Waals surface area contributed by atoms with E-state index in [2.05, 4.69) is 45.9 Å². The minimum atomic E-state index is 0.390. The SMILES string of the molecule is COc1cc(C(C)C)ccc1C(CN)CC(C)C. The van der Waals surface area contributed by atoms with Crippen molar-refractivity contribution in [2.75, 3.05) is 13.7 Å². The highest BCUT2D eigenvalue weighted by Crippen LogP contribution is 2.33. The van der Waals surface area contributed by atoms with Crippen molar-refractivity contribution in [2.45, 2.75) is 46.0 Å². The third-order valence-corrected chi connectivity index (χ3v) is 3.40. The Morgan fingerprint density at radius 3 is 2.28 bits per heavy atom. The van der Waals surface area contributed by atoms with E-state index in [1.165, 1.54) is 11.1 Å². The number of hydrogen-bond acceptors (Lipinski definition) is 2. The van der Waals surface area contributed by atoms with Crippen molar-refractivity contribution in [1.29, 1.82) is 0 Å². The standard InChI is InChI=1S/C16H27NO/c1-11(2)8-14(10-17)15-7-6-13(12(3)4)9-16(15)18-5/h6-7,9,11-12,14H,8,10,17H2,1-5H3. The molecule has 1 aromatic rings. The Hall–Kier alpha value is -1.02. The molecule has 1 aromatic carbocycles. The van der Waals surface area contributed by atoms with Crippen molar-refractivity contribution < 1.29 is 4.74 Å². The summed E-state index contributed by atoms with van der Waals surface area (Å²) in [5.41, 5.74) is 8.48. The molecule has 1 rings (SSSR count). The number of benzene rings is 1. The quantitative estimate of drug-likeness (QED) is 0.829. The number of ether oxygens (including phenoxy) is 1. The third-order valence-electron chi connectivity index (χ3n) is 3.40. The Morgan fingerprint density at radius 2 is 1.83 bits per heavy atom. The van der Waals surface area contributed by atoms with E-state index in [1.807, 2.05) is 0 Å². The van der Waals surface area contributed by atoms with Gasteiger partial charge in [-0.2, -0.15) is 0 Å². The van der Waals surface area contributed by atoms with Gasteiger partial charge in [-0.25, -0.2) is 0 Å². The molecule has 0 bridgehead atoms. The second-order valence-corrected chi connectivity index (χ2v) is 5.72. The molecule has 0 fully saturated rings. The second kappa shape index (κ2) is 6.79. The first-order valence-electron chi connectivity index (χ1n) is 6.87. The summed E-state index contributed by atoms with van der Waals surface area (Å²) < 4.78 is 5.54. The summed E-state index contributed by atoms with van der Waals surface area (Å²) in [7, 11) is 1.74. The van der Waals surface area contributed by atoms with Gasteiger partial charge in [-0.3, -0.25) is 0 Å². The van der Waals surface area contributed by atoms with Crippen molar-refractivity contribution in [3.8, 4) is 5.75 Å². The lowest BCUT2D eigenvalue weighted by atomic mass is 9.88. The Kier molecular flexibility index (Phi) is 5.67. The van der Waals surface area contributed by atoms with E-state index in [1.54, 1.807) is 7.11 Å². The molecule has 0 heterocycles. The van der Waals surface area contributed by atoms with Crippen LogP contribution in [0.15, 0.2) is 18.2 Å². The molecule has 102 valence electrons. The molecule has 0 saturated carbocycles. The van der Waals surface area contributed by atoms with Gasteiger partial charge in [0.1, 0.15) is 5.75 Å². The normalized spacial score (nSPS) is 13.1. The first-order chi connectivity index (χ1) is 8.49. The highest BCUT2D eigenvalue weighted by molar-refractivity contribution is 5.41. The van der Waals surface area contributed by atoms with Crippen LogP contribution in [0.25, 0.3) is 0 Å². The Morgan fingerprint density at radius 1 is 1.17 bits per heavy atom. The lowest BCUT2D eigenvalue weighted by Crippen LogP contribution is -2.15. The van der Waals surface area contributed by atoms with E-state index in [-0.39, 0.29) is 0 Å². The van der Waals surface area contributed by atoms with Gasteiger partial charge in [0.05, 0.1) is 7.11 Å². The van der Waals surface area contributed by atoms with Crippen molar-refractivity contribution in [2.24, 2.45) is 11.7 Å². The molecule has 1 atom stereocenters. The van der Waals surface area contributed by atoms with Gasteiger partial charge in [-0.1, -0.05) is 39.8 Å². The van der Waals surface area contributed by atoms with Gasteiger partial charge >= 0.3 is 0 Å². The summed E-state index contributed by atoms with van der Waals surface area (Å²) in [5.74, 6) is 2.54. The van der Waals surface area contributed by atoms with E-state index in [0.717, 1.165) is 12.2 Å². The van der Waals surface area contributed by atoms with E-state index in [9.17, 15) is 0 Å². The maximum atomic E-state index is 5.92. The minimum Gasteiger partial charge on any atom is -0.496 e. The van der Waals surface area contributed by atoms with Crippen LogP contribution in [-0.2, 0) is 0 Å². The van der Waals surface area contributed by atoms with E-state index >= 15 is 0 Å². The number of rotatable bonds is 6. The Bertz CT molecular complexity index is 371. The predicted molar refractivity (Wildman–Crippen MR) is 78.3 cm³/mol. The molecule has 0 saturated heterocycles. The lowest BCUT2D eigenvalue weighted by Gasteiger charge is -2.21. The highest BCUT2D eigenvalue weighted by atomic mass is 16.5. The molecule has 0 spiro atoms. The summed E-state index contributed by atoms with van der Waals surface area (Å²) in [4.78, 5) is 0. The van der Waals surface area contributed by atoms with Gasteiger partial charge < -0.3 is 10.5 Å². The monoisotopic (exact) mass is 249 g/mol. The molecular weight excluding hydrogens is 222 g/mol. The summed E-state index contributed by atoms with van der Waals surface area (Å²) in [5, 5.41) is 0. The summed E-state index contributed by atoms with van der Waals surface area (Å²) >= 11 is 0. The molecule has 0 amide bonds. The fourth-order valence-electron chi connectivity index (χ4n) is 2.34. The fraction of sp³-hybridized carbons (Fsp3) is 0.625. The molecule has 1 unspecified atom stereocenters. The fourth-order valence-corrected chi connectivity index (χ4v) is 2.34. The van der Waals surface area contributed by atoms with Gasteiger partial charge in [0, 0.05) is 5.92 Å². The topological polar surface area (TPSA) is 35.2 Å². The Labute approximate surface area is 112 Å². The average Bonchev–Trinajstić information content (AvgIpc) is 2.34. The molecule has 2 N–H and O–H groups in total. The molecule has 0 radical (unpaired) electrons. The lowest BCUT2D eigenvalue weighted by molar-refractivity contribution is 0.398. The molecule has 2 nitrogen and oxygen atoms in total. The first-order valence-corrected chi connectivity index (χ1v) is 6.87. The van der Waals surface area contributed by atoms with Crippen LogP contribution in [-0.4, -0.2) is 13.7 Å². The maximum Gasteiger partial charge on any atom is 0.122 e. The van der Waals surface area contributed by atoms with E-state index in [0.29, 0.717) is 24.3 Å². The zero-order valence-electron chi connectivity index (χ0n) is 12.4. The smallest absolute Gasteiger partial charge is 0.122 e. The summed E-state index contributed by atoms with van der Waals surface area (Å²) in [6.07, 6.45) is 1.11. The van der Waals surface area contributed by atoms with Crippen LogP contribution in [0, 0.1) is 5.92 Å². The third kappa shape index (κ3) is 3.74. The van der Waals surface area contributed by atoms with Crippen LogP contribution >= 0.6 is 0 Å². The molecule has 2 heteroatoms. The number of nitrogens with two attached hydrogens (primary N) is 1. The van der Waals surface area contributed by atoms with Crippen LogP contribution in [0.4, 0.5) is 0 Å². The second-order valence-electron chi connectivity index (χ2n) is 5.72. The van der Waals surface area contributed by atoms with Gasteiger partial charge in [0.25, 0.3) is 0 Å². The average molecular weight is 249 g/mol. The highest BCUT2D eigenvalue weighted by Gasteiger charge is 2.17. The van der Waals surface area contributed by atoms with E-state index < -0.39 is 0 Å². The van der Waals surface area contributed by atoms with E-state index in [4.69, 9.17) is 10.5 Å². The summed E-state index contributed by atoms with van der Waals surface area (Å²) in [6, 6.07) is 6.54. The molecule has 0 aliphatic rings. The van der Waals surface area contributed by atoms with Crippen molar-refractivity contribution in [3.05, 3.63) is 29.3 Å². The zero-order chi connectivity index (χ0) is 13.7. The molecule has 18 heavy (non-hydrogen) atoms. The van der Waals surface area contributed by atoms with Crippen LogP contribution in [0.1, 0.15) is 57.1 Å². The van der Waals surface area contributed by atoms with Crippen molar-refractivity contribution in [1.82, 2.24) is 0 Å². The van der Waals surface area contributed by atoms with Crippen LogP contribution < -0.4 is 10.5 Å². The van der Waals surface area contributed by atoms with Gasteiger partial charge in [0.2, 0.25) is 0 Å². The summed E-state index contributed by atoms with van der Waals surface area (Å²) in [6.45, 7) is 9.54. The molecule has 0 aliphatic carbocycles. The zero-order valence-corrected chi connectivity index (χ0v) is 12.4. The van der Waals surface area contributed by atoms with Crippen LogP contribution in [0.3, 0.4) is 0 Å². The number of hydrogen-bond donors (Lipinski definition) is 1. The van der Waals surface area contributed by atoms with Gasteiger partial charge in [-0.15, -0.1) is 0 Å². The molecule has 0 aliphatic heterocycles. The minimum absolute atomic E-state index is 0.390. The van der Waals surface area contributed by atoms with Crippen molar-refractivity contribution in [3.63, 3.8) is 0 Å². The van der Waals surface area contributed by atoms with Crippen LogP contribution in [0.5, 0.6) is 5.75 Å². The largest absolute Gasteiger partial charge is 0.496 e. The van der Waals surface area contributed by atoms with Gasteiger partial charge in [0.15, 0.2) is 0 Å². The van der Waals surface area contributed by atoms with Gasteiger partial charge in [-0.05, 0) is 42.0 Å². The Balaban J connectivity index is 3.06. The van der Waals surface area contributed by atoms with Crippen molar-refractivity contribution >= 4 is 0 Å². The maximum absolute atomic E-state index is 5.92. The molecular formula is C16H27NO.